The van der Waals surface area contributed by atoms with Gasteiger partial charge >= 0.3 is 0 Å². The first kappa shape index (κ1) is 17.4. The molecule has 132 valence electrons. The van der Waals surface area contributed by atoms with Crippen LogP contribution >= 0.6 is 0 Å². The predicted molar refractivity (Wildman–Crippen MR) is 91.4 cm³/mol. The fourth-order valence-corrected chi connectivity index (χ4v) is 3.80. The Morgan fingerprint density at radius 2 is 1.71 bits per heavy atom. The largest absolute Gasteiger partial charge is 0.379 e. The van der Waals surface area contributed by atoms with Crippen molar-refractivity contribution in [1.29, 1.82) is 0 Å². The van der Waals surface area contributed by atoms with Gasteiger partial charge in [0.15, 0.2) is 5.78 Å². The van der Waals surface area contributed by atoms with Crippen molar-refractivity contribution >= 4 is 5.78 Å². The fourth-order valence-electron chi connectivity index (χ4n) is 3.80. The summed E-state index contributed by atoms with van der Waals surface area (Å²) >= 11 is 0. The molecule has 2 aliphatic rings. The first-order valence-corrected chi connectivity index (χ1v) is 9.07. The van der Waals surface area contributed by atoms with E-state index in [9.17, 15) is 9.59 Å². The minimum atomic E-state index is -0.467. The molecule has 0 radical (unpaired) electrons. The van der Waals surface area contributed by atoms with Gasteiger partial charge in [-0.1, -0.05) is 6.07 Å². The lowest BCUT2D eigenvalue weighted by Gasteiger charge is -2.31. The van der Waals surface area contributed by atoms with Crippen LogP contribution in [0.3, 0.4) is 0 Å². The lowest BCUT2D eigenvalue weighted by Crippen LogP contribution is -2.40. The third kappa shape index (κ3) is 3.62. The second-order valence-electron chi connectivity index (χ2n) is 6.85. The highest BCUT2D eigenvalue weighted by atomic mass is 16.5. The van der Waals surface area contributed by atoms with Crippen molar-refractivity contribution < 1.29 is 14.3 Å². The Kier molecular flexibility index (Phi) is 5.51. The molecule has 1 aliphatic heterocycles. The number of ether oxygens (including phenoxy) is 2. The summed E-state index contributed by atoms with van der Waals surface area (Å²) in [6.07, 6.45) is 5.58. The third-order valence-corrected chi connectivity index (χ3v) is 5.22. The van der Waals surface area contributed by atoms with Gasteiger partial charge in [0.25, 0.3) is 5.56 Å². The third-order valence-electron chi connectivity index (χ3n) is 5.22. The van der Waals surface area contributed by atoms with Gasteiger partial charge in [0, 0.05) is 24.3 Å². The number of carbonyl (C=O) groups excluding carboxylic acids is 1. The Labute approximate surface area is 143 Å². The normalized spacial score (nSPS) is 27.1. The highest BCUT2D eigenvalue weighted by Crippen LogP contribution is 2.26. The molecular formula is C19H27NO4. The monoisotopic (exact) mass is 333 g/mol. The molecule has 1 unspecified atom stereocenters. The molecule has 0 aromatic carbocycles. The van der Waals surface area contributed by atoms with Crippen LogP contribution in [-0.4, -0.2) is 35.8 Å². The van der Waals surface area contributed by atoms with Gasteiger partial charge in [-0.2, -0.15) is 0 Å². The number of aryl methyl sites for hydroxylation is 2. The SMILES string of the molecule is CCOC1CCC(OCC2C(=O)CCc3ccc(C)c(=O)n32)CC1. The number of nitrogens with zero attached hydrogens (tertiary/aromatic N) is 1. The van der Waals surface area contributed by atoms with Crippen LogP contribution < -0.4 is 5.56 Å². The summed E-state index contributed by atoms with van der Waals surface area (Å²) in [7, 11) is 0. The van der Waals surface area contributed by atoms with Crippen LogP contribution in [0.2, 0.25) is 0 Å². The van der Waals surface area contributed by atoms with Gasteiger partial charge in [-0.15, -0.1) is 0 Å². The summed E-state index contributed by atoms with van der Waals surface area (Å²) in [5.41, 5.74) is 1.56. The van der Waals surface area contributed by atoms with Crippen LogP contribution in [0, 0.1) is 6.92 Å². The molecule has 1 aromatic rings. The van der Waals surface area contributed by atoms with Crippen LogP contribution in [0.5, 0.6) is 0 Å². The van der Waals surface area contributed by atoms with Crippen LogP contribution in [-0.2, 0) is 20.7 Å². The number of fused-ring (bicyclic) bond motifs is 1. The van der Waals surface area contributed by atoms with Gasteiger partial charge in [0.2, 0.25) is 0 Å². The number of ketones is 1. The number of pyridine rings is 1. The molecule has 1 aliphatic carbocycles. The molecule has 2 heterocycles. The van der Waals surface area contributed by atoms with E-state index in [0.717, 1.165) is 38.0 Å². The zero-order chi connectivity index (χ0) is 17.1. The second-order valence-corrected chi connectivity index (χ2v) is 6.85. The van der Waals surface area contributed by atoms with Crippen molar-refractivity contribution in [1.82, 2.24) is 4.57 Å². The van der Waals surface area contributed by atoms with E-state index in [1.807, 2.05) is 19.1 Å². The molecule has 5 nitrogen and oxygen atoms in total. The summed E-state index contributed by atoms with van der Waals surface area (Å²) in [5.74, 6) is 0.109. The minimum Gasteiger partial charge on any atom is -0.379 e. The lowest BCUT2D eigenvalue weighted by molar-refractivity contribution is -0.126. The van der Waals surface area contributed by atoms with Crippen molar-refractivity contribution in [3.63, 3.8) is 0 Å². The molecule has 5 heteroatoms. The van der Waals surface area contributed by atoms with Gasteiger partial charge in [-0.05, 0) is 52.0 Å². The molecule has 1 aromatic heterocycles. The van der Waals surface area contributed by atoms with Crippen molar-refractivity contribution in [3.05, 3.63) is 33.7 Å². The molecular weight excluding hydrogens is 306 g/mol. The maximum absolute atomic E-state index is 12.5. The molecule has 1 saturated carbocycles. The molecule has 0 N–H and O–H groups in total. The Hall–Kier alpha value is -1.46. The average molecular weight is 333 g/mol. The number of aromatic nitrogens is 1. The standard InChI is InChI=1S/C19H27NO4/c1-3-23-15-7-9-16(10-8-15)24-12-17-18(21)11-6-14-5-4-13(2)19(22)20(14)17/h4-5,15-17H,3,6-12H2,1-2H3. The first-order chi connectivity index (χ1) is 11.6. The fraction of sp³-hybridized carbons (Fsp3) is 0.684. The number of hydrogen-bond acceptors (Lipinski definition) is 4. The van der Waals surface area contributed by atoms with E-state index in [0.29, 0.717) is 31.1 Å². The zero-order valence-corrected chi connectivity index (χ0v) is 14.6. The molecule has 1 atom stereocenters. The van der Waals surface area contributed by atoms with Gasteiger partial charge in [0.1, 0.15) is 6.04 Å². The summed E-state index contributed by atoms with van der Waals surface area (Å²) in [5, 5.41) is 0. The topological polar surface area (TPSA) is 57.5 Å². The maximum atomic E-state index is 12.5. The molecule has 24 heavy (non-hydrogen) atoms. The van der Waals surface area contributed by atoms with E-state index >= 15 is 0 Å². The Morgan fingerprint density at radius 3 is 2.38 bits per heavy atom. The van der Waals surface area contributed by atoms with Gasteiger partial charge in [0.05, 0.1) is 18.8 Å². The molecule has 0 saturated heterocycles. The van der Waals surface area contributed by atoms with E-state index in [1.54, 1.807) is 11.5 Å². The van der Waals surface area contributed by atoms with E-state index in [4.69, 9.17) is 9.47 Å². The summed E-state index contributed by atoms with van der Waals surface area (Å²) < 4.78 is 13.4. The van der Waals surface area contributed by atoms with Crippen molar-refractivity contribution in [2.45, 2.75) is 70.6 Å². The van der Waals surface area contributed by atoms with E-state index < -0.39 is 6.04 Å². The second kappa shape index (κ2) is 7.62. The summed E-state index contributed by atoms with van der Waals surface area (Å²) in [4.78, 5) is 24.8. The Morgan fingerprint density at radius 1 is 1.04 bits per heavy atom. The highest BCUT2D eigenvalue weighted by Gasteiger charge is 2.30. The predicted octanol–water partition coefficient (Wildman–Crippen LogP) is 2.58. The highest BCUT2D eigenvalue weighted by molar-refractivity contribution is 5.84. The lowest BCUT2D eigenvalue weighted by atomic mass is 9.94. The molecule has 0 spiro atoms. The Bertz CT molecular complexity index is 643. The summed E-state index contributed by atoms with van der Waals surface area (Å²) in [6.45, 7) is 4.88. The number of hydrogen-bond donors (Lipinski definition) is 0. The van der Waals surface area contributed by atoms with Crippen LogP contribution in [0.4, 0.5) is 0 Å². The molecule has 0 amide bonds. The number of carbonyl (C=O) groups is 1. The smallest absolute Gasteiger partial charge is 0.254 e. The quantitative estimate of drug-likeness (QED) is 0.831. The first-order valence-electron chi connectivity index (χ1n) is 9.07. The van der Waals surface area contributed by atoms with Crippen LogP contribution in [0.15, 0.2) is 16.9 Å². The molecule has 0 bridgehead atoms. The number of Topliss-reactive ketones (excluding diaryl/α,β-unsaturated/α-hetero) is 1. The average Bonchev–Trinajstić information content (AvgIpc) is 2.59. The molecule has 1 fully saturated rings. The number of rotatable bonds is 5. The van der Waals surface area contributed by atoms with Gasteiger partial charge in [-0.3, -0.25) is 14.2 Å². The van der Waals surface area contributed by atoms with Crippen LogP contribution in [0.25, 0.3) is 0 Å². The molecule has 3 rings (SSSR count). The minimum absolute atomic E-state index is 0.0609. The van der Waals surface area contributed by atoms with Gasteiger partial charge < -0.3 is 9.47 Å². The van der Waals surface area contributed by atoms with Crippen molar-refractivity contribution in [2.24, 2.45) is 0 Å². The van der Waals surface area contributed by atoms with Crippen molar-refractivity contribution in [3.8, 4) is 0 Å². The Balaban J connectivity index is 1.65. The van der Waals surface area contributed by atoms with Gasteiger partial charge in [-0.25, -0.2) is 0 Å². The zero-order valence-electron chi connectivity index (χ0n) is 14.6. The van der Waals surface area contributed by atoms with Crippen LogP contribution in [0.1, 0.15) is 56.3 Å². The summed E-state index contributed by atoms with van der Waals surface area (Å²) in [6, 6.07) is 3.34. The van der Waals surface area contributed by atoms with E-state index in [2.05, 4.69) is 0 Å². The maximum Gasteiger partial charge on any atom is 0.254 e. The van der Waals surface area contributed by atoms with E-state index in [1.165, 1.54) is 0 Å². The van der Waals surface area contributed by atoms with E-state index in [-0.39, 0.29) is 17.4 Å². The van der Waals surface area contributed by atoms with Crippen molar-refractivity contribution in [2.75, 3.05) is 13.2 Å².